The zero-order valence-electron chi connectivity index (χ0n) is 15.8. The predicted octanol–water partition coefficient (Wildman–Crippen LogP) is 3.99. The Kier molecular flexibility index (Phi) is 5.92. The summed E-state index contributed by atoms with van der Waals surface area (Å²) in [6, 6.07) is 14.2. The van der Waals surface area contributed by atoms with E-state index in [1.807, 2.05) is 18.2 Å². The molecule has 7 nitrogen and oxygen atoms in total. The Morgan fingerprint density at radius 3 is 2.83 bits per heavy atom. The van der Waals surface area contributed by atoms with Crippen molar-refractivity contribution >= 4 is 46.5 Å². The fourth-order valence-electron chi connectivity index (χ4n) is 3.19. The summed E-state index contributed by atoms with van der Waals surface area (Å²) in [5.74, 6) is 0.773. The van der Waals surface area contributed by atoms with Crippen LogP contribution in [0.25, 0.3) is 0 Å². The van der Waals surface area contributed by atoms with E-state index < -0.39 is 0 Å². The van der Waals surface area contributed by atoms with Gasteiger partial charge in [-0.05, 0) is 29.8 Å². The van der Waals surface area contributed by atoms with Gasteiger partial charge in [0.25, 0.3) is 5.91 Å². The molecule has 0 bridgehead atoms. The maximum Gasteiger partial charge on any atom is 0.265 e. The number of hydrogen-bond donors (Lipinski definition) is 1. The Labute approximate surface area is 183 Å². The molecule has 154 valence electrons. The van der Waals surface area contributed by atoms with Crippen molar-refractivity contribution in [3.63, 3.8) is 0 Å². The van der Waals surface area contributed by atoms with E-state index in [0.717, 1.165) is 5.56 Å². The number of rotatable bonds is 6. The zero-order valence-corrected chi connectivity index (χ0v) is 17.4. The number of carbonyl (C=O) groups is 2. The van der Waals surface area contributed by atoms with Gasteiger partial charge in [0.1, 0.15) is 11.6 Å². The first kappa shape index (κ1) is 20.3. The first-order valence-electron chi connectivity index (χ1n) is 9.29. The molecular formula is C21H18Cl2N4O3. The molecule has 4 rings (SSSR count). The van der Waals surface area contributed by atoms with Crippen LogP contribution in [0.4, 0.5) is 11.5 Å². The highest BCUT2D eigenvalue weighted by atomic mass is 35.5. The second-order valence-corrected chi connectivity index (χ2v) is 7.55. The van der Waals surface area contributed by atoms with Gasteiger partial charge >= 0.3 is 0 Å². The molecule has 2 amide bonds. The maximum absolute atomic E-state index is 12.5. The van der Waals surface area contributed by atoms with E-state index in [1.54, 1.807) is 46.1 Å². The molecule has 1 aromatic heterocycles. The molecule has 0 spiro atoms. The minimum absolute atomic E-state index is 0.0345. The van der Waals surface area contributed by atoms with E-state index in [4.69, 9.17) is 27.9 Å². The number of para-hydroxylation sites is 2. The Balaban J connectivity index is 1.40. The van der Waals surface area contributed by atoms with E-state index in [9.17, 15) is 9.59 Å². The van der Waals surface area contributed by atoms with Crippen LogP contribution in [0.3, 0.4) is 0 Å². The summed E-state index contributed by atoms with van der Waals surface area (Å²) >= 11 is 12.2. The van der Waals surface area contributed by atoms with Crippen LogP contribution in [0, 0.1) is 0 Å². The van der Waals surface area contributed by atoms with Crippen molar-refractivity contribution in [1.29, 1.82) is 0 Å². The van der Waals surface area contributed by atoms with Crippen molar-refractivity contribution in [2.45, 2.75) is 13.0 Å². The Morgan fingerprint density at radius 2 is 2.00 bits per heavy atom. The normalized spacial score (nSPS) is 13.0. The lowest BCUT2D eigenvalue weighted by Crippen LogP contribution is -2.40. The molecule has 3 aromatic rings. The SMILES string of the molecule is O=C(CCN1C(=O)COc2ccccc21)Nc1ccnn1Cc1ccc(Cl)cc1Cl. The average Bonchev–Trinajstić information content (AvgIpc) is 3.16. The first-order valence-corrected chi connectivity index (χ1v) is 10.0. The smallest absolute Gasteiger partial charge is 0.265 e. The Hall–Kier alpha value is -3.03. The van der Waals surface area contributed by atoms with Crippen LogP contribution >= 0.6 is 23.2 Å². The third kappa shape index (κ3) is 4.42. The minimum atomic E-state index is -0.226. The molecule has 0 unspecified atom stereocenters. The number of fused-ring (bicyclic) bond motifs is 1. The molecule has 0 saturated carbocycles. The minimum Gasteiger partial charge on any atom is -0.482 e. The van der Waals surface area contributed by atoms with E-state index in [-0.39, 0.29) is 31.4 Å². The van der Waals surface area contributed by atoms with Crippen LogP contribution in [-0.2, 0) is 16.1 Å². The summed E-state index contributed by atoms with van der Waals surface area (Å²) < 4.78 is 7.07. The number of carbonyl (C=O) groups excluding carboxylic acids is 2. The lowest BCUT2D eigenvalue weighted by atomic mass is 10.2. The van der Waals surface area contributed by atoms with E-state index in [1.165, 1.54) is 0 Å². The van der Waals surface area contributed by atoms with Crippen molar-refractivity contribution in [2.24, 2.45) is 0 Å². The molecule has 2 aromatic carbocycles. The molecule has 30 heavy (non-hydrogen) atoms. The number of aromatic nitrogens is 2. The van der Waals surface area contributed by atoms with E-state index in [2.05, 4.69) is 10.4 Å². The summed E-state index contributed by atoms with van der Waals surface area (Å²) in [5.41, 5.74) is 1.50. The molecule has 0 radical (unpaired) electrons. The molecule has 2 heterocycles. The number of nitrogens with zero attached hydrogens (tertiary/aromatic N) is 3. The number of hydrogen-bond acceptors (Lipinski definition) is 4. The highest BCUT2D eigenvalue weighted by molar-refractivity contribution is 6.35. The maximum atomic E-state index is 12.5. The van der Waals surface area contributed by atoms with Gasteiger partial charge in [-0.1, -0.05) is 41.4 Å². The van der Waals surface area contributed by atoms with Gasteiger partial charge in [-0.2, -0.15) is 5.10 Å². The monoisotopic (exact) mass is 444 g/mol. The van der Waals surface area contributed by atoms with Crippen LogP contribution in [0.1, 0.15) is 12.0 Å². The fourth-order valence-corrected chi connectivity index (χ4v) is 3.66. The van der Waals surface area contributed by atoms with Gasteiger partial charge in [0.2, 0.25) is 5.91 Å². The second kappa shape index (κ2) is 8.77. The van der Waals surface area contributed by atoms with Gasteiger partial charge in [-0.25, -0.2) is 4.68 Å². The molecule has 0 saturated heterocycles. The van der Waals surface area contributed by atoms with E-state index in [0.29, 0.717) is 33.8 Å². The molecule has 0 fully saturated rings. The van der Waals surface area contributed by atoms with Crippen molar-refractivity contribution in [3.05, 3.63) is 70.3 Å². The Morgan fingerprint density at radius 1 is 1.17 bits per heavy atom. The van der Waals surface area contributed by atoms with Crippen LogP contribution in [0.2, 0.25) is 10.0 Å². The van der Waals surface area contributed by atoms with Crippen molar-refractivity contribution in [1.82, 2.24) is 9.78 Å². The molecule has 0 atom stereocenters. The van der Waals surface area contributed by atoms with Gasteiger partial charge in [0.05, 0.1) is 18.4 Å². The molecular weight excluding hydrogens is 427 g/mol. The predicted molar refractivity (Wildman–Crippen MR) is 115 cm³/mol. The number of ether oxygens (including phenoxy) is 1. The lowest BCUT2D eigenvalue weighted by molar-refractivity contribution is -0.121. The van der Waals surface area contributed by atoms with Crippen LogP contribution in [0.5, 0.6) is 5.75 Å². The lowest BCUT2D eigenvalue weighted by Gasteiger charge is -2.29. The number of halogens is 2. The standard InChI is InChI=1S/C21H18Cl2N4O3/c22-15-6-5-14(16(23)11-15)12-27-19(7-9-24-27)25-20(28)8-10-26-17-3-1-2-4-18(17)30-13-21(26)29/h1-7,9,11H,8,10,12-13H2,(H,25,28). The second-order valence-electron chi connectivity index (χ2n) is 6.71. The van der Waals surface area contributed by atoms with Crippen molar-refractivity contribution < 1.29 is 14.3 Å². The van der Waals surface area contributed by atoms with Crippen LogP contribution < -0.4 is 15.0 Å². The van der Waals surface area contributed by atoms with Crippen molar-refractivity contribution in [3.8, 4) is 5.75 Å². The number of benzene rings is 2. The third-order valence-corrected chi connectivity index (χ3v) is 5.28. The Bertz CT molecular complexity index is 1100. The molecule has 1 aliphatic heterocycles. The number of amides is 2. The fraction of sp³-hybridized carbons (Fsp3) is 0.190. The summed E-state index contributed by atoms with van der Waals surface area (Å²) in [6.07, 6.45) is 1.73. The topological polar surface area (TPSA) is 76.5 Å². The third-order valence-electron chi connectivity index (χ3n) is 4.69. The van der Waals surface area contributed by atoms with E-state index >= 15 is 0 Å². The van der Waals surface area contributed by atoms with Gasteiger partial charge < -0.3 is 15.0 Å². The zero-order chi connectivity index (χ0) is 21.1. The molecule has 0 aliphatic carbocycles. The largest absolute Gasteiger partial charge is 0.482 e. The van der Waals surface area contributed by atoms with Gasteiger partial charge in [-0.15, -0.1) is 0 Å². The highest BCUT2D eigenvalue weighted by Crippen LogP contribution is 2.31. The number of nitrogens with one attached hydrogen (secondary N) is 1. The summed E-state index contributed by atoms with van der Waals surface area (Å²) in [4.78, 5) is 26.3. The summed E-state index contributed by atoms with van der Waals surface area (Å²) in [6.45, 7) is 0.601. The summed E-state index contributed by atoms with van der Waals surface area (Å²) in [7, 11) is 0. The molecule has 1 aliphatic rings. The van der Waals surface area contributed by atoms with Gasteiger partial charge in [-0.3, -0.25) is 9.59 Å². The number of anilines is 2. The molecule has 9 heteroatoms. The van der Waals surface area contributed by atoms with Gasteiger partial charge in [0.15, 0.2) is 6.61 Å². The first-order chi connectivity index (χ1) is 14.5. The summed E-state index contributed by atoms with van der Waals surface area (Å²) in [5, 5.41) is 8.17. The van der Waals surface area contributed by atoms with Crippen LogP contribution in [0.15, 0.2) is 54.7 Å². The van der Waals surface area contributed by atoms with Crippen molar-refractivity contribution in [2.75, 3.05) is 23.4 Å². The van der Waals surface area contributed by atoms with Gasteiger partial charge in [0, 0.05) is 29.1 Å². The van der Waals surface area contributed by atoms with Crippen LogP contribution in [-0.4, -0.2) is 34.7 Å². The quantitative estimate of drug-likeness (QED) is 0.623. The molecule has 1 N–H and O–H groups in total. The highest BCUT2D eigenvalue weighted by Gasteiger charge is 2.25. The average molecular weight is 445 g/mol.